The lowest BCUT2D eigenvalue weighted by Crippen LogP contribution is -2.37. The van der Waals surface area contributed by atoms with E-state index in [0.717, 1.165) is 12.8 Å². The van der Waals surface area contributed by atoms with Crippen LogP contribution in [0, 0.1) is 17.3 Å². The minimum absolute atomic E-state index is 0.0762. The van der Waals surface area contributed by atoms with Gasteiger partial charge in [0.1, 0.15) is 0 Å². The number of aliphatic hydroxyl groups excluding tert-OH is 1. The average molecular weight is 211 g/mol. The zero-order chi connectivity index (χ0) is 11.2. The molecular weight excluding hydrogens is 194 g/mol. The third kappa shape index (κ3) is 1.57. The highest BCUT2D eigenvalue weighted by atomic mass is 16.3. The predicted octanol–water partition coefficient (Wildman–Crippen LogP) is 0.400. The Kier molecular flexibility index (Phi) is 2.34. The largest absolute Gasteiger partial charge is 0.396 e. The van der Waals surface area contributed by atoms with E-state index >= 15 is 0 Å². The maximum absolute atomic E-state index is 11.8. The van der Waals surface area contributed by atoms with Crippen molar-refractivity contribution in [1.29, 1.82) is 0 Å². The minimum atomic E-state index is -0.202. The maximum Gasteiger partial charge on any atom is 0.232 e. The third-order valence-electron chi connectivity index (χ3n) is 3.85. The molecule has 2 amide bonds. The molecule has 1 saturated heterocycles. The number of imide groups is 1. The average Bonchev–Trinajstić information content (AvgIpc) is 2.99. The van der Waals surface area contributed by atoms with Crippen molar-refractivity contribution >= 4 is 11.8 Å². The third-order valence-corrected chi connectivity index (χ3v) is 3.85. The molecule has 84 valence electrons. The molecule has 1 aliphatic carbocycles. The summed E-state index contributed by atoms with van der Waals surface area (Å²) in [6.07, 6.45) is 1.84. The number of rotatable bonds is 3. The highest BCUT2D eigenvalue weighted by molar-refractivity contribution is 6.04. The van der Waals surface area contributed by atoms with Crippen LogP contribution in [-0.4, -0.2) is 35.0 Å². The van der Waals surface area contributed by atoms with Gasteiger partial charge < -0.3 is 5.11 Å². The molecule has 2 aliphatic rings. The van der Waals surface area contributed by atoms with Gasteiger partial charge in [0.05, 0.1) is 6.61 Å². The van der Waals surface area contributed by atoms with Crippen molar-refractivity contribution in [3.8, 4) is 0 Å². The number of hydrogen-bond donors (Lipinski definition) is 1. The van der Waals surface area contributed by atoms with E-state index in [-0.39, 0.29) is 35.7 Å². The van der Waals surface area contributed by atoms with E-state index in [0.29, 0.717) is 6.54 Å². The summed E-state index contributed by atoms with van der Waals surface area (Å²) in [6.45, 7) is 4.08. The molecule has 0 radical (unpaired) electrons. The molecule has 2 atom stereocenters. The fourth-order valence-electron chi connectivity index (χ4n) is 2.06. The predicted molar refractivity (Wildman–Crippen MR) is 53.8 cm³/mol. The van der Waals surface area contributed by atoms with Gasteiger partial charge in [0.25, 0.3) is 0 Å². The van der Waals surface area contributed by atoms with E-state index in [1.165, 1.54) is 4.90 Å². The highest BCUT2D eigenvalue weighted by Crippen LogP contribution is 2.46. The van der Waals surface area contributed by atoms with E-state index in [4.69, 9.17) is 0 Å². The molecule has 0 aromatic rings. The molecule has 0 aromatic carbocycles. The Labute approximate surface area is 89.3 Å². The highest BCUT2D eigenvalue weighted by Gasteiger charge is 2.50. The summed E-state index contributed by atoms with van der Waals surface area (Å²) in [5.74, 6) is -0.557. The van der Waals surface area contributed by atoms with Gasteiger partial charge in [0.2, 0.25) is 11.8 Å². The fraction of sp³-hybridized carbons (Fsp3) is 0.818. The summed E-state index contributed by atoms with van der Waals surface area (Å²) in [4.78, 5) is 24.9. The molecule has 2 unspecified atom stereocenters. The van der Waals surface area contributed by atoms with Crippen LogP contribution in [0.1, 0.15) is 26.7 Å². The lowest BCUT2D eigenvalue weighted by Gasteiger charge is -2.20. The van der Waals surface area contributed by atoms with E-state index in [9.17, 15) is 14.7 Å². The van der Waals surface area contributed by atoms with Crippen LogP contribution in [0.5, 0.6) is 0 Å². The zero-order valence-electron chi connectivity index (χ0n) is 9.19. The van der Waals surface area contributed by atoms with Crippen LogP contribution in [0.25, 0.3) is 0 Å². The molecule has 2 fully saturated rings. The molecule has 2 rings (SSSR count). The molecule has 15 heavy (non-hydrogen) atoms. The number of amides is 2. The van der Waals surface area contributed by atoms with Gasteiger partial charge in [-0.15, -0.1) is 0 Å². The molecule has 1 N–H and O–H groups in total. The Hall–Kier alpha value is -0.900. The first kappa shape index (κ1) is 10.6. The number of carbonyl (C=O) groups is 2. The van der Waals surface area contributed by atoms with Crippen molar-refractivity contribution < 1.29 is 14.7 Å². The van der Waals surface area contributed by atoms with Gasteiger partial charge in [0.15, 0.2) is 0 Å². The second kappa shape index (κ2) is 3.30. The number of likely N-dealkylation sites (tertiary alicyclic amines) is 1. The fourth-order valence-corrected chi connectivity index (χ4v) is 2.06. The Morgan fingerprint density at radius 2 is 1.73 bits per heavy atom. The van der Waals surface area contributed by atoms with Crippen LogP contribution in [0.15, 0.2) is 0 Å². The molecule has 4 heteroatoms. The van der Waals surface area contributed by atoms with Crippen LogP contribution in [0.3, 0.4) is 0 Å². The lowest BCUT2D eigenvalue weighted by molar-refractivity contribution is -0.141. The summed E-state index contributed by atoms with van der Waals surface area (Å²) in [5.41, 5.74) is -0.172. The molecule has 1 aliphatic heterocycles. The standard InChI is InChI=1S/C11H17NO3/c1-7-8(2)10(15)12(9(7)14)5-11(6-13)3-4-11/h7-8,13H,3-6H2,1-2H3. The first-order valence-electron chi connectivity index (χ1n) is 5.47. The lowest BCUT2D eigenvalue weighted by atomic mass is 10.00. The summed E-state index contributed by atoms with van der Waals surface area (Å²) >= 11 is 0. The quantitative estimate of drug-likeness (QED) is 0.687. The number of nitrogens with zero attached hydrogens (tertiary/aromatic N) is 1. The molecular formula is C11H17NO3. The van der Waals surface area contributed by atoms with Crippen LogP contribution >= 0.6 is 0 Å². The first-order chi connectivity index (χ1) is 7.01. The summed E-state index contributed by atoms with van der Waals surface area (Å²) < 4.78 is 0. The van der Waals surface area contributed by atoms with Gasteiger partial charge in [-0.25, -0.2) is 0 Å². The maximum atomic E-state index is 11.8. The summed E-state index contributed by atoms with van der Waals surface area (Å²) in [6, 6.07) is 0. The molecule has 0 spiro atoms. The topological polar surface area (TPSA) is 57.6 Å². The SMILES string of the molecule is CC1C(=O)N(CC2(CO)CC2)C(=O)C1C. The molecule has 4 nitrogen and oxygen atoms in total. The second-order valence-corrected chi connectivity index (χ2v) is 5.00. The van der Waals surface area contributed by atoms with Crippen molar-refractivity contribution in [2.45, 2.75) is 26.7 Å². The van der Waals surface area contributed by atoms with Crippen LogP contribution < -0.4 is 0 Å². The smallest absolute Gasteiger partial charge is 0.232 e. The second-order valence-electron chi connectivity index (χ2n) is 5.00. The van der Waals surface area contributed by atoms with Gasteiger partial charge in [-0.05, 0) is 12.8 Å². The van der Waals surface area contributed by atoms with Crippen molar-refractivity contribution in [1.82, 2.24) is 4.90 Å². The van der Waals surface area contributed by atoms with Gasteiger partial charge in [-0.2, -0.15) is 0 Å². The van der Waals surface area contributed by atoms with Gasteiger partial charge in [-0.3, -0.25) is 14.5 Å². The molecule has 0 aromatic heterocycles. The Morgan fingerprint density at radius 1 is 1.27 bits per heavy atom. The monoisotopic (exact) mass is 211 g/mol. The number of hydrogen-bond acceptors (Lipinski definition) is 3. The van der Waals surface area contributed by atoms with Gasteiger partial charge in [-0.1, -0.05) is 13.8 Å². The Balaban J connectivity index is 2.10. The van der Waals surface area contributed by atoms with Crippen LogP contribution in [0.4, 0.5) is 0 Å². The van der Waals surface area contributed by atoms with E-state index < -0.39 is 0 Å². The number of aliphatic hydroxyl groups is 1. The van der Waals surface area contributed by atoms with Gasteiger partial charge >= 0.3 is 0 Å². The first-order valence-corrected chi connectivity index (χ1v) is 5.47. The van der Waals surface area contributed by atoms with E-state index in [1.54, 1.807) is 13.8 Å². The summed E-state index contributed by atoms with van der Waals surface area (Å²) in [7, 11) is 0. The molecule has 0 bridgehead atoms. The van der Waals surface area contributed by atoms with Crippen molar-refractivity contribution in [3.05, 3.63) is 0 Å². The van der Waals surface area contributed by atoms with Crippen LogP contribution in [0.2, 0.25) is 0 Å². The van der Waals surface area contributed by atoms with Crippen molar-refractivity contribution in [2.24, 2.45) is 17.3 Å². The van der Waals surface area contributed by atoms with E-state index in [1.807, 2.05) is 0 Å². The summed E-state index contributed by atoms with van der Waals surface area (Å²) in [5, 5.41) is 9.17. The van der Waals surface area contributed by atoms with Crippen molar-refractivity contribution in [3.63, 3.8) is 0 Å². The van der Waals surface area contributed by atoms with Crippen LogP contribution in [-0.2, 0) is 9.59 Å². The minimum Gasteiger partial charge on any atom is -0.396 e. The van der Waals surface area contributed by atoms with Crippen molar-refractivity contribution in [2.75, 3.05) is 13.2 Å². The Bertz CT molecular complexity index is 289. The Morgan fingerprint density at radius 3 is 2.07 bits per heavy atom. The number of carbonyl (C=O) groups excluding carboxylic acids is 2. The molecule has 1 heterocycles. The normalized spacial score (nSPS) is 33.7. The molecule has 1 saturated carbocycles. The zero-order valence-corrected chi connectivity index (χ0v) is 9.19. The van der Waals surface area contributed by atoms with E-state index in [2.05, 4.69) is 0 Å². The van der Waals surface area contributed by atoms with Gasteiger partial charge in [0, 0.05) is 23.8 Å².